The molecular weight excluding hydrogens is 448 g/mol. The molecule has 2 N–H and O–H groups in total. The largest absolute Gasteiger partial charge is 0.481 e. The average Bonchev–Trinajstić information content (AvgIpc) is 3.68. The number of hydrogen-bond donors (Lipinski definition) is 2. The highest BCUT2D eigenvalue weighted by atomic mass is 16.6. The van der Waals surface area contributed by atoms with Crippen LogP contribution in [0, 0.1) is 69.0 Å². The Labute approximate surface area is 201 Å². The summed E-state index contributed by atoms with van der Waals surface area (Å²) >= 11 is 0. The van der Waals surface area contributed by atoms with Crippen molar-refractivity contribution >= 4 is 23.9 Å². The third-order valence-electron chi connectivity index (χ3n) is 12.0. The van der Waals surface area contributed by atoms with Crippen LogP contribution in [-0.2, 0) is 23.9 Å². The van der Waals surface area contributed by atoms with Crippen molar-refractivity contribution in [1.29, 1.82) is 0 Å². The molecule has 8 aliphatic carbocycles. The Morgan fingerprint density at radius 3 is 0.943 bits per heavy atom. The number of ether oxygens (including phenoxy) is 1. The van der Waals surface area contributed by atoms with Gasteiger partial charge in [0.25, 0.3) is 0 Å². The van der Waals surface area contributed by atoms with E-state index in [-0.39, 0.29) is 47.3 Å². The van der Waals surface area contributed by atoms with Crippen LogP contribution < -0.4 is 0 Å². The van der Waals surface area contributed by atoms with E-state index in [9.17, 15) is 29.4 Å². The quantitative estimate of drug-likeness (QED) is 0.278. The number of carboxylic acid groups (broad SMARTS) is 2. The smallest absolute Gasteiger partial charge is 0.322 e. The lowest BCUT2D eigenvalue weighted by molar-refractivity contribution is -0.197. The third kappa shape index (κ3) is 1.62. The molecule has 180 valence electrons. The normalized spacial score (nSPS) is 55.7. The van der Waals surface area contributed by atoms with Gasteiger partial charge < -0.3 is 14.9 Å². The lowest BCUT2D eigenvalue weighted by atomic mass is 9.52. The molecule has 4 saturated carbocycles. The molecule has 0 aliphatic heterocycles. The topological polar surface area (TPSA) is 118 Å². The van der Waals surface area contributed by atoms with Gasteiger partial charge in [0.15, 0.2) is 0 Å². The van der Waals surface area contributed by atoms with Crippen molar-refractivity contribution < 1.29 is 34.1 Å². The molecule has 0 aromatic rings. The van der Waals surface area contributed by atoms with Gasteiger partial charge in [-0.2, -0.15) is 0 Å². The summed E-state index contributed by atoms with van der Waals surface area (Å²) in [6.07, 6.45) is 17.7. The zero-order valence-corrected chi connectivity index (χ0v) is 19.0. The zero-order valence-electron chi connectivity index (χ0n) is 19.0. The fraction of sp³-hybridized carbons (Fsp3) is 0.571. The minimum absolute atomic E-state index is 0.278. The molecule has 0 amide bonds. The fourth-order valence-electron chi connectivity index (χ4n) is 11.2. The SMILES string of the molecule is O=C(O)C12C3C=CC(C3)C1(C(=O)OC(=O)C13C4C=CC(C4)C1(C(=O)O)C1C=CC3C1)C1C=CC2C1. The first-order valence-electron chi connectivity index (χ1n) is 12.7. The lowest BCUT2D eigenvalue weighted by Crippen LogP contribution is -2.61. The van der Waals surface area contributed by atoms with E-state index in [2.05, 4.69) is 0 Å². The van der Waals surface area contributed by atoms with Crippen molar-refractivity contribution in [2.24, 2.45) is 69.0 Å². The lowest BCUT2D eigenvalue weighted by Gasteiger charge is -2.50. The molecular formula is C28H26O7. The predicted molar refractivity (Wildman–Crippen MR) is 119 cm³/mol. The van der Waals surface area contributed by atoms with Crippen LogP contribution in [-0.4, -0.2) is 34.1 Å². The van der Waals surface area contributed by atoms with Crippen molar-refractivity contribution in [2.45, 2.75) is 25.7 Å². The number of carbonyl (C=O) groups excluding carboxylic acids is 2. The maximum Gasteiger partial charge on any atom is 0.322 e. The molecule has 8 atom stereocenters. The van der Waals surface area contributed by atoms with Crippen LogP contribution in [0.2, 0.25) is 0 Å². The highest BCUT2D eigenvalue weighted by Crippen LogP contribution is 2.80. The first-order chi connectivity index (χ1) is 16.8. The number of hydrogen-bond acceptors (Lipinski definition) is 5. The van der Waals surface area contributed by atoms with Gasteiger partial charge in [0.1, 0.15) is 0 Å². The van der Waals surface area contributed by atoms with E-state index in [1.165, 1.54) is 0 Å². The van der Waals surface area contributed by atoms with Gasteiger partial charge in [-0.05, 0) is 73.0 Å². The van der Waals surface area contributed by atoms with Gasteiger partial charge in [-0.1, -0.05) is 48.6 Å². The van der Waals surface area contributed by atoms with Crippen LogP contribution in [0.4, 0.5) is 0 Å². The van der Waals surface area contributed by atoms with E-state index >= 15 is 0 Å². The summed E-state index contributed by atoms with van der Waals surface area (Å²) in [7, 11) is 0. The fourth-order valence-corrected chi connectivity index (χ4v) is 11.2. The molecule has 0 heterocycles. The standard InChI is InChI=1S/C28H26O7/c29-21(30)25-13-1-5-17(9-13)27(25,18-6-2-14(25)10-18)23(33)35-24(34)28-19-7-3-15(11-19)26(28,22(31)32)16-4-8-20(28)12-16/h1-8,13-20H,9-12H2,(H,29,30)(H,31,32). The summed E-state index contributed by atoms with van der Waals surface area (Å²) < 4.78 is 5.85. The van der Waals surface area contributed by atoms with Crippen molar-refractivity contribution in [3.05, 3.63) is 48.6 Å². The second kappa shape index (κ2) is 5.71. The number of carbonyl (C=O) groups is 4. The van der Waals surface area contributed by atoms with Gasteiger partial charge in [0.05, 0.1) is 21.7 Å². The van der Waals surface area contributed by atoms with E-state index in [0.717, 1.165) is 0 Å². The minimum atomic E-state index is -1.32. The summed E-state index contributed by atoms with van der Waals surface area (Å²) in [4.78, 5) is 54.3. The number of aliphatic carboxylic acids is 2. The zero-order chi connectivity index (χ0) is 24.1. The monoisotopic (exact) mass is 474 g/mol. The van der Waals surface area contributed by atoms with Gasteiger partial charge in [0, 0.05) is 0 Å². The second-order valence-electron chi connectivity index (χ2n) is 12.1. The highest BCUT2D eigenvalue weighted by Gasteiger charge is 2.85. The Kier molecular flexibility index (Phi) is 3.30. The van der Waals surface area contributed by atoms with Gasteiger partial charge in [0.2, 0.25) is 0 Å². The molecule has 8 aliphatic rings. The van der Waals surface area contributed by atoms with Crippen LogP contribution in [0.15, 0.2) is 48.6 Å². The molecule has 0 spiro atoms. The first kappa shape index (κ1) is 20.3. The number of allylic oxidation sites excluding steroid dienone is 8. The summed E-state index contributed by atoms with van der Waals surface area (Å²) in [5.74, 6) is -5.83. The predicted octanol–water partition coefficient (Wildman–Crippen LogP) is 2.99. The average molecular weight is 475 g/mol. The molecule has 35 heavy (non-hydrogen) atoms. The van der Waals surface area contributed by atoms with Crippen molar-refractivity contribution in [3.8, 4) is 0 Å². The molecule has 0 saturated heterocycles. The third-order valence-corrected chi connectivity index (χ3v) is 12.0. The van der Waals surface area contributed by atoms with Gasteiger partial charge >= 0.3 is 23.9 Å². The summed E-state index contributed by atoms with van der Waals surface area (Å²) in [5.41, 5.74) is -5.27. The van der Waals surface area contributed by atoms with E-state index in [0.29, 0.717) is 25.7 Å². The van der Waals surface area contributed by atoms with Gasteiger partial charge in [-0.3, -0.25) is 19.2 Å². The van der Waals surface area contributed by atoms with Gasteiger partial charge in [-0.15, -0.1) is 0 Å². The summed E-state index contributed by atoms with van der Waals surface area (Å²) in [6, 6.07) is 0. The molecule has 0 aromatic heterocycles. The molecule has 0 radical (unpaired) electrons. The molecule has 4 fully saturated rings. The van der Waals surface area contributed by atoms with Gasteiger partial charge in [-0.25, -0.2) is 0 Å². The number of rotatable bonds is 4. The number of carboxylic acids is 2. The highest BCUT2D eigenvalue weighted by molar-refractivity contribution is 6.01. The Bertz CT molecular complexity index is 1110. The van der Waals surface area contributed by atoms with Crippen LogP contribution in [0.25, 0.3) is 0 Å². The molecule has 7 heteroatoms. The van der Waals surface area contributed by atoms with E-state index in [1.54, 1.807) is 0 Å². The Morgan fingerprint density at radius 2 is 0.714 bits per heavy atom. The van der Waals surface area contributed by atoms with Crippen molar-refractivity contribution in [3.63, 3.8) is 0 Å². The van der Waals surface area contributed by atoms with E-state index in [4.69, 9.17) is 4.74 Å². The Morgan fingerprint density at radius 1 is 0.486 bits per heavy atom. The minimum Gasteiger partial charge on any atom is -0.481 e. The van der Waals surface area contributed by atoms with Crippen molar-refractivity contribution in [1.82, 2.24) is 0 Å². The number of fused-ring (bicyclic) bond motifs is 18. The Hall–Kier alpha value is -2.96. The summed E-state index contributed by atoms with van der Waals surface area (Å²) in [5, 5.41) is 21.1. The number of esters is 2. The molecule has 8 bridgehead atoms. The maximum absolute atomic E-state index is 14.2. The van der Waals surface area contributed by atoms with Crippen LogP contribution in [0.5, 0.6) is 0 Å². The second-order valence-corrected chi connectivity index (χ2v) is 12.1. The molecule has 7 nitrogen and oxygen atoms in total. The molecule has 8 rings (SSSR count). The molecule has 0 aromatic carbocycles. The molecule has 8 unspecified atom stereocenters. The van der Waals surface area contributed by atoms with E-state index < -0.39 is 45.5 Å². The van der Waals surface area contributed by atoms with E-state index in [1.807, 2.05) is 48.6 Å². The summed E-state index contributed by atoms with van der Waals surface area (Å²) in [6.45, 7) is 0. The van der Waals surface area contributed by atoms with Crippen LogP contribution >= 0.6 is 0 Å². The first-order valence-corrected chi connectivity index (χ1v) is 12.7. The van der Waals surface area contributed by atoms with Crippen LogP contribution in [0.1, 0.15) is 25.7 Å². The van der Waals surface area contributed by atoms with Crippen LogP contribution in [0.3, 0.4) is 0 Å². The Balaban J connectivity index is 1.25. The maximum atomic E-state index is 14.2. The van der Waals surface area contributed by atoms with Crippen molar-refractivity contribution in [2.75, 3.05) is 0 Å².